The summed E-state index contributed by atoms with van der Waals surface area (Å²) < 4.78 is 4.17. The highest BCUT2D eigenvalue weighted by Gasteiger charge is 2.52. The van der Waals surface area contributed by atoms with Crippen molar-refractivity contribution in [2.45, 2.75) is 32.7 Å². The molecule has 4 heterocycles. The van der Waals surface area contributed by atoms with Crippen LogP contribution in [0.1, 0.15) is 30.1 Å². The highest BCUT2D eigenvalue weighted by Crippen LogP contribution is 2.55. The average molecular weight is 486 g/mol. The monoisotopic (exact) mass is 485 g/mol. The van der Waals surface area contributed by atoms with Gasteiger partial charge >= 0.3 is 0 Å². The molecule has 1 saturated carbocycles. The zero-order valence-corrected chi connectivity index (χ0v) is 21.2. The number of H-pyrrole nitrogens is 1. The van der Waals surface area contributed by atoms with Gasteiger partial charge in [0.25, 0.3) is 0 Å². The summed E-state index contributed by atoms with van der Waals surface area (Å²) in [7, 11) is 4.18. The zero-order valence-electron chi connectivity index (χ0n) is 20.4. The fourth-order valence-corrected chi connectivity index (χ4v) is 6.85. The number of benzene rings is 2. The van der Waals surface area contributed by atoms with Crippen molar-refractivity contribution in [3.63, 3.8) is 0 Å². The molecular weight excluding hydrogens is 458 g/mol. The van der Waals surface area contributed by atoms with Crippen LogP contribution in [0.3, 0.4) is 0 Å². The summed E-state index contributed by atoms with van der Waals surface area (Å²) in [6, 6.07) is 8.96. The predicted molar refractivity (Wildman–Crippen MR) is 140 cm³/mol. The maximum Gasteiger partial charge on any atom is 0.101 e. The number of aromatic nitrogens is 6. The second-order valence-electron chi connectivity index (χ2n) is 10.7. The van der Waals surface area contributed by atoms with Gasteiger partial charge in [0.05, 0.1) is 34.5 Å². The molecule has 1 saturated heterocycles. The molecule has 0 unspecified atom stereocenters. The Kier molecular flexibility index (Phi) is 4.34. The van der Waals surface area contributed by atoms with Gasteiger partial charge in [-0.05, 0) is 62.9 Å². The van der Waals surface area contributed by atoms with Crippen molar-refractivity contribution in [1.29, 1.82) is 0 Å². The zero-order chi connectivity index (χ0) is 24.1. The van der Waals surface area contributed by atoms with Crippen LogP contribution in [0.15, 0.2) is 36.7 Å². The second-order valence-corrected chi connectivity index (χ2v) is 11.1. The highest BCUT2D eigenvalue weighted by molar-refractivity contribution is 6.36. The van der Waals surface area contributed by atoms with Crippen molar-refractivity contribution in [2.75, 3.05) is 20.1 Å². The molecule has 1 aliphatic heterocycles. The molecule has 35 heavy (non-hydrogen) atoms. The lowest BCUT2D eigenvalue weighted by molar-refractivity contribution is -0.0790. The first-order valence-corrected chi connectivity index (χ1v) is 12.5. The minimum absolute atomic E-state index is 0.418. The van der Waals surface area contributed by atoms with Crippen LogP contribution in [0.2, 0.25) is 5.02 Å². The second kappa shape index (κ2) is 7.18. The molecular formula is C27H28ClN7. The van der Waals surface area contributed by atoms with E-state index in [4.69, 9.17) is 16.7 Å². The fraction of sp³-hybridized carbons (Fsp3) is 0.370. The summed E-state index contributed by atoms with van der Waals surface area (Å²) in [5.41, 5.74) is 8.91. The third-order valence-electron chi connectivity index (χ3n) is 8.18. The Bertz CT molecular complexity index is 1620. The van der Waals surface area contributed by atoms with E-state index in [-0.39, 0.29) is 0 Å². The summed E-state index contributed by atoms with van der Waals surface area (Å²) in [5, 5.41) is 20.1. The van der Waals surface area contributed by atoms with Gasteiger partial charge in [-0.3, -0.25) is 14.5 Å². The lowest BCUT2D eigenvalue weighted by Gasteiger charge is -2.58. The molecule has 178 valence electrons. The first kappa shape index (κ1) is 21.1. The van der Waals surface area contributed by atoms with Crippen molar-refractivity contribution < 1.29 is 0 Å². The third-order valence-corrected chi connectivity index (χ3v) is 8.67. The van der Waals surface area contributed by atoms with Gasteiger partial charge in [-0.25, -0.2) is 0 Å². The number of nitrogens with zero attached hydrogens (tertiary/aromatic N) is 6. The number of rotatable bonds is 3. The molecule has 2 aromatic carbocycles. The van der Waals surface area contributed by atoms with E-state index in [2.05, 4.69) is 70.0 Å². The van der Waals surface area contributed by atoms with Gasteiger partial charge < -0.3 is 4.90 Å². The molecule has 0 amide bonds. The van der Waals surface area contributed by atoms with E-state index in [1.54, 1.807) is 0 Å². The molecule has 7 nitrogen and oxygen atoms in total. The number of hydrogen-bond donors (Lipinski definition) is 1. The Morgan fingerprint density at radius 2 is 1.86 bits per heavy atom. The van der Waals surface area contributed by atoms with Crippen LogP contribution >= 0.6 is 11.6 Å². The van der Waals surface area contributed by atoms with Crippen molar-refractivity contribution in [2.24, 2.45) is 12.5 Å². The van der Waals surface area contributed by atoms with Gasteiger partial charge in [0, 0.05) is 53.3 Å². The maximum atomic E-state index is 7.03. The van der Waals surface area contributed by atoms with Crippen molar-refractivity contribution in [3.8, 4) is 22.4 Å². The Labute approximate surface area is 208 Å². The Morgan fingerprint density at radius 1 is 1.06 bits per heavy atom. The van der Waals surface area contributed by atoms with Gasteiger partial charge in [0.2, 0.25) is 0 Å². The van der Waals surface area contributed by atoms with E-state index in [1.807, 2.05) is 24.1 Å². The van der Waals surface area contributed by atoms with E-state index in [9.17, 15) is 0 Å². The van der Waals surface area contributed by atoms with E-state index < -0.39 is 0 Å². The molecule has 0 bridgehead atoms. The number of nitrogens with one attached hydrogen (secondary N) is 1. The number of hydrogen-bond acceptors (Lipinski definition) is 4. The largest absolute Gasteiger partial charge is 0.305 e. The normalized spacial score (nSPS) is 18.0. The average Bonchev–Trinajstić information content (AvgIpc) is 3.49. The minimum atomic E-state index is 0.418. The number of aryl methyl sites for hydroxylation is 2. The van der Waals surface area contributed by atoms with E-state index in [0.717, 1.165) is 60.5 Å². The standard InChI is InChI=1S/C27H28ClN7/c1-15-7-21-20(12-29-31-21)24(25(15)28)23-16(2)35(19-9-27(10-19)13-33(3)14-27)32-26(23)17-5-6-22-18(8-17)11-30-34(22)4/h5-8,11-12,19H,9-10,13-14H2,1-4H3,(H,29,31). The Hall–Kier alpha value is -3.16. The molecule has 2 aliphatic rings. The molecule has 1 N–H and O–H groups in total. The van der Waals surface area contributed by atoms with Gasteiger partial charge in [0.1, 0.15) is 5.69 Å². The first-order valence-electron chi connectivity index (χ1n) is 12.2. The van der Waals surface area contributed by atoms with Gasteiger partial charge in [-0.1, -0.05) is 17.7 Å². The molecule has 2 fully saturated rings. The smallest absolute Gasteiger partial charge is 0.101 e. The summed E-state index contributed by atoms with van der Waals surface area (Å²) >= 11 is 7.03. The molecule has 7 rings (SSSR count). The maximum absolute atomic E-state index is 7.03. The SMILES string of the molecule is Cc1cc2[nH]ncc2c(-c2c(-c3ccc4c(cnn4C)c3)nn(C3CC4(C3)CN(C)C4)c2C)c1Cl. The summed E-state index contributed by atoms with van der Waals surface area (Å²) in [6.07, 6.45) is 6.16. The molecule has 1 spiro atoms. The molecule has 0 radical (unpaired) electrons. The molecule has 0 atom stereocenters. The lowest BCUT2D eigenvalue weighted by Crippen LogP contribution is -2.60. The van der Waals surface area contributed by atoms with Crippen LogP contribution in [0, 0.1) is 19.3 Å². The van der Waals surface area contributed by atoms with Gasteiger partial charge in [0.15, 0.2) is 0 Å². The summed E-state index contributed by atoms with van der Waals surface area (Å²) in [5.74, 6) is 0. The van der Waals surface area contributed by atoms with Crippen LogP contribution in [-0.4, -0.2) is 54.8 Å². The summed E-state index contributed by atoms with van der Waals surface area (Å²) in [6.45, 7) is 6.63. The van der Waals surface area contributed by atoms with Crippen LogP contribution in [0.5, 0.6) is 0 Å². The topological polar surface area (TPSA) is 67.6 Å². The van der Waals surface area contributed by atoms with Gasteiger partial charge in [-0.15, -0.1) is 0 Å². The molecule has 3 aromatic heterocycles. The Balaban J connectivity index is 1.44. The third kappa shape index (κ3) is 2.98. The van der Waals surface area contributed by atoms with Crippen molar-refractivity contribution in [3.05, 3.63) is 52.9 Å². The Morgan fingerprint density at radius 3 is 2.63 bits per heavy atom. The van der Waals surface area contributed by atoms with E-state index in [0.29, 0.717) is 11.5 Å². The van der Waals surface area contributed by atoms with E-state index >= 15 is 0 Å². The van der Waals surface area contributed by atoms with Crippen molar-refractivity contribution in [1.82, 2.24) is 34.7 Å². The number of likely N-dealkylation sites (tertiary alicyclic amines) is 1. The molecule has 5 aromatic rings. The van der Waals surface area contributed by atoms with E-state index in [1.165, 1.54) is 25.9 Å². The quantitative estimate of drug-likeness (QED) is 0.365. The fourth-order valence-electron chi connectivity index (χ4n) is 6.60. The number of halogens is 1. The van der Waals surface area contributed by atoms with Crippen LogP contribution < -0.4 is 0 Å². The first-order chi connectivity index (χ1) is 16.8. The van der Waals surface area contributed by atoms with Crippen LogP contribution in [0.25, 0.3) is 44.2 Å². The molecule has 1 aliphatic carbocycles. The molecule has 8 heteroatoms. The highest BCUT2D eigenvalue weighted by atomic mass is 35.5. The predicted octanol–water partition coefficient (Wildman–Crippen LogP) is 5.52. The van der Waals surface area contributed by atoms with Crippen LogP contribution in [-0.2, 0) is 7.05 Å². The van der Waals surface area contributed by atoms with Gasteiger partial charge in [-0.2, -0.15) is 15.3 Å². The minimum Gasteiger partial charge on any atom is -0.305 e. The number of fused-ring (bicyclic) bond motifs is 2. The summed E-state index contributed by atoms with van der Waals surface area (Å²) in [4.78, 5) is 2.41. The number of aromatic amines is 1. The van der Waals surface area contributed by atoms with Crippen LogP contribution in [0.4, 0.5) is 0 Å². The van der Waals surface area contributed by atoms with Crippen molar-refractivity contribution >= 4 is 33.4 Å². The lowest BCUT2D eigenvalue weighted by atomic mass is 9.61.